The largest absolute Gasteiger partial charge is 0.507 e. The third kappa shape index (κ3) is 7.05. The molecule has 0 spiro atoms. The van der Waals surface area contributed by atoms with E-state index >= 15 is 0 Å². The van der Waals surface area contributed by atoms with Crippen LogP contribution in [-0.2, 0) is 28.7 Å². The van der Waals surface area contributed by atoms with Crippen LogP contribution in [0.5, 0.6) is 17.2 Å². The van der Waals surface area contributed by atoms with E-state index < -0.39 is 59.7 Å². The summed E-state index contributed by atoms with van der Waals surface area (Å²) in [5.41, 5.74) is 6.24. The van der Waals surface area contributed by atoms with E-state index in [-0.39, 0.29) is 28.0 Å². The van der Waals surface area contributed by atoms with E-state index in [9.17, 15) is 29.7 Å². The smallest absolute Gasteiger partial charge is 0.404 e. The highest BCUT2D eigenvalue weighted by atomic mass is 16.7. The van der Waals surface area contributed by atoms with Gasteiger partial charge in [0.2, 0.25) is 6.29 Å². The van der Waals surface area contributed by atoms with Gasteiger partial charge in [-0.1, -0.05) is 31.9 Å². The zero-order chi connectivity index (χ0) is 34.1. The number of ether oxygens (including phenoxy) is 3. The highest BCUT2D eigenvalue weighted by Crippen LogP contribution is 2.39. The van der Waals surface area contributed by atoms with Crippen LogP contribution in [0.15, 0.2) is 45.1 Å². The lowest BCUT2D eigenvalue weighted by Gasteiger charge is -2.47. The second kappa shape index (κ2) is 13.6. The minimum absolute atomic E-state index is 0.0259. The molecule has 1 fully saturated rings. The first-order valence-electron chi connectivity index (χ1n) is 15.3. The van der Waals surface area contributed by atoms with E-state index in [1.54, 1.807) is 39.8 Å². The Morgan fingerprint density at radius 1 is 1.11 bits per heavy atom. The molecule has 248 valence electrons. The van der Waals surface area contributed by atoms with Crippen molar-refractivity contribution in [3.63, 3.8) is 0 Å². The van der Waals surface area contributed by atoms with E-state index in [2.05, 4.69) is 0 Å². The molecule has 4 rings (SSSR count). The van der Waals surface area contributed by atoms with Gasteiger partial charge in [-0.3, -0.25) is 4.79 Å². The molecule has 3 aromatic rings. The Labute approximate surface area is 267 Å². The summed E-state index contributed by atoms with van der Waals surface area (Å²) in [5.74, 6) is -0.902. The summed E-state index contributed by atoms with van der Waals surface area (Å²) in [6.45, 7) is 12.7. The first-order chi connectivity index (χ1) is 21.5. The number of hydrogen-bond donors (Lipinski definition) is 4. The maximum Gasteiger partial charge on any atom is 0.404 e. The molecule has 1 saturated heterocycles. The fourth-order valence-corrected chi connectivity index (χ4v) is 5.65. The number of phenolic OH excluding ortho intramolecular Hbond substituents is 1. The number of carbonyl (C=O) groups is 2. The highest BCUT2D eigenvalue weighted by Gasteiger charge is 2.50. The summed E-state index contributed by atoms with van der Waals surface area (Å²) < 4.78 is 22.8. The van der Waals surface area contributed by atoms with Crippen LogP contribution in [0, 0.1) is 12.8 Å². The molecule has 0 saturated carbocycles. The summed E-state index contributed by atoms with van der Waals surface area (Å²) in [6, 6.07) is 6.23. The number of Topliss-reactive ketones (excluding diaryl/α,β-unsaturated/α-hetero) is 1. The zero-order valence-electron chi connectivity index (χ0n) is 27.3. The number of aliphatic hydroxyl groups excluding tert-OH is 1. The Kier molecular flexibility index (Phi) is 10.2. The van der Waals surface area contributed by atoms with Gasteiger partial charge in [-0.2, -0.15) is 0 Å². The van der Waals surface area contributed by atoms with Gasteiger partial charge < -0.3 is 39.7 Å². The van der Waals surface area contributed by atoms with Crippen LogP contribution >= 0.6 is 0 Å². The summed E-state index contributed by atoms with van der Waals surface area (Å²) >= 11 is 0. The number of aliphatic hydroxyl groups is 1. The van der Waals surface area contributed by atoms with Crippen molar-refractivity contribution < 1.29 is 43.5 Å². The van der Waals surface area contributed by atoms with Crippen molar-refractivity contribution in [1.29, 1.82) is 0 Å². The van der Waals surface area contributed by atoms with Gasteiger partial charge >= 0.3 is 11.7 Å². The van der Waals surface area contributed by atoms with Crippen LogP contribution in [0.4, 0.5) is 4.79 Å². The van der Waals surface area contributed by atoms with E-state index in [1.165, 1.54) is 12.1 Å². The number of phenols is 1. The lowest BCUT2D eigenvalue weighted by molar-refractivity contribution is -0.283. The average molecular weight is 638 g/mol. The maximum absolute atomic E-state index is 13.5. The fourth-order valence-electron chi connectivity index (χ4n) is 5.65. The number of rotatable bonds is 10. The number of benzene rings is 2. The third-order valence-corrected chi connectivity index (χ3v) is 8.64. The van der Waals surface area contributed by atoms with Gasteiger partial charge in [0.15, 0.2) is 11.9 Å². The first-order valence-corrected chi connectivity index (χ1v) is 15.3. The van der Waals surface area contributed by atoms with E-state index in [1.807, 2.05) is 26.8 Å². The van der Waals surface area contributed by atoms with Crippen LogP contribution in [0.1, 0.15) is 80.6 Å². The molecular weight excluding hydrogens is 594 g/mol. The normalized spacial score (nSPS) is 20.7. The van der Waals surface area contributed by atoms with Crippen molar-refractivity contribution >= 4 is 22.8 Å². The van der Waals surface area contributed by atoms with E-state index in [4.69, 9.17) is 24.4 Å². The number of aromatic hydroxyl groups is 2. The number of ketones is 1. The molecule has 11 nitrogen and oxygen atoms in total. The quantitative estimate of drug-likeness (QED) is 0.128. The maximum atomic E-state index is 13.5. The second-order valence-electron chi connectivity index (χ2n) is 12.6. The topological polar surface area (TPSA) is 179 Å². The summed E-state index contributed by atoms with van der Waals surface area (Å²) in [4.78, 5) is 38.1. The van der Waals surface area contributed by atoms with Crippen molar-refractivity contribution in [2.45, 2.75) is 98.2 Å². The van der Waals surface area contributed by atoms with E-state index in [0.29, 0.717) is 35.1 Å². The van der Waals surface area contributed by atoms with Crippen LogP contribution in [0.2, 0.25) is 0 Å². The minimum atomic E-state index is -1.39. The predicted molar refractivity (Wildman–Crippen MR) is 171 cm³/mol. The number of allylic oxidation sites excluding steroid dienone is 2. The molecule has 0 radical (unpaired) electrons. The Hall–Kier alpha value is -4.35. The molecule has 0 bridgehead atoms. The van der Waals surface area contributed by atoms with Gasteiger partial charge in [0.25, 0.3) is 0 Å². The third-order valence-electron chi connectivity index (χ3n) is 8.64. The number of fused-ring (bicyclic) bond motifs is 1. The molecule has 2 aromatic carbocycles. The number of nitrogens with two attached hydrogens (primary N) is 1. The van der Waals surface area contributed by atoms with Crippen LogP contribution in [0.25, 0.3) is 11.0 Å². The van der Waals surface area contributed by atoms with Gasteiger partial charge in [-0.15, -0.1) is 0 Å². The number of carbonyl (C=O) groups excluding carboxylic acids is 2. The first kappa shape index (κ1) is 34.5. The average Bonchev–Trinajstić information content (AvgIpc) is 2.98. The summed E-state index contributed by atoms with van der Waals surface area (Å²) in [5, 5.41) is 33.1. The molecule has 0 aliphatic carbocycles. The Morgan fingerprint density at radius 2 is 1.78 bits per heavy atom. The number of primary amides is 1. The lowest BCUT2D eigenvalue weighted by atomic mass is 9.82. The molecule has 1 amide bonds. The number of hydrogen-bond acceptors (Lipinski definition) is 10. The van der Waals surface area contributed by atoms with Gasteiger partial charge in [0, 0.05) is 23.5 Å². The van der Waals surface area contributed by atoms with Crippen molar-refractivity contribution in [2.24, 2.45) is 11.7 Å². The number of aryl methyl sites for hydroxylation is 2. The van der Waals surface area contributed by atoms with Crippen molar-refractivity contribution in [3.8, 4) is 17.2 Å². The molecule has 1 aliphatic heterocycles. The fraction of sp³-hybridized carbons (Fsp3) is 0.457. The van der Waals surface area contributed by atoms with Crippen LogP contribution < -0.4 is 16.1 Å². The molecular formula is C35H43NO10. The van der Waals surface area contributed by atoms with Crippen molar-refractivity contribution in [3.05, 3.63) is 74.2 Å². The van der Waals surface area contributed by atoms with Gasteiger partial charge in [0.1, 0.15) is 28.9 Å². The molecule has 0 unspecified atom stereocenters. The zero-order valence-corrected chi connectivity index (χ0v) is 27.3. The van der Waals surface area contributed by atoms with Crippen LogP contribution in [-0.4, -0.2) is 51.3 Å². The van der Waals surface area contributed by atoms with Gasteiger partial charge in [0.05, 0.1) is 16.6 Å². The van der Waals surface area contributed by atoms with Gasteiger partial charge in [-0.25, -0.2) is 9.59 Å². The summed E-state index contributed by atoms with van der Waals surface area (Å²) in [6.07, 6.45) is -1.40. The number of amides is 1. The van der Waals surface area contributed by atoms with Gasteiger partial charge in [-0.05, 0) is 82.9 Å². The highest BCUT2D eigenvalue weighted by molar-refractivity contribution is 5.99. The SMILES string of the molecule is CCCc1cc(C(=O)Cc2c(O)c3ccc(O[C@@H]4OC(C)(C)[C@H](C)[C@@H](OC(N)=O)[C@H]4O)c(C)c3oc2=O)cc(CC=C(C)C)c1O. The van der Waals surface area contributed by atoms with Crippen molar-refractivity contribution in [2.75, 3.05) is 0 Å². The molecule has 5 N–H and O–H groups in total. The minimum Gasteiger partial charge on any atom is -0.507 e. The Balaban J connectivity index is 1.66. The standard InChI is InChI=1S/C35H43NO10/c1-8-9-20-14-22(15-21(27(20)38)11-10-17(2)3)25(37)16-24-28(39)23-12-13-26(18(4)30(23)44-32(24)41)43-33-29(40)31(45-34(36)42)19(5)35(6,7)46-33/h10,12-15,19,29,31,33,38-40H,8-9,11,16H2,1-7H3,(H2,36,42)/t19-,29-,31-,33-/m1/s1. The monoisotopic (exact) mass is 637 g/mol. The lowest BCUT2D eigenvalue weighted by Crippen LogP contribution is -2.61. The molecule has 1 aliphatic rings. The molecule has 46 heavy (non-hydrogen) atoms. The molecule has 2 heterocycles. The van der Waals surface area contributed by atoms with Crippen molar-refractivity contribution in [1.82, 2.24) is 0 Å². The molecule has 1 aromatic heterocycles. The molecule has 11 heteroatoms. The van der Waals surface area contributed by atoms with Crippen LogP contribution in [0.3, 0.4) is 0 Å². The molecule has 4 atom stereocenters. The Bertz CT molecular complexity index is 1730. The Morgan fingerprint density at radius 3 is 2.41 bits per heavy atom. The second-order valence-corrected chi connectivity index (χ2v) is 12.6. The predicted octanol–water partition coefficient (Wildman–Crippen LogP) is 5.37. The van der Waals surface area contributed by atoms with E-state index in [0.717, 1.165) is 12.0 Å². The summed E-state index contributed by atoms with van der Waals surface area (Å²) in [7, 11) is 0.